The maximum Gasteiger partial charge on any atom is 0.335 e. The monoisotopic (exact) mass is 282 g/mol. The zero-order chi connectivity index (χ0) is 15.2. The number of ketones is 1. The first-order chi connectivity index (χ1) is 10.1. The van der Waals surface area contributed by atoms with Gasteiger partial charge in [0, 0.05) is 17.2 Å². The van der Waals surface area contributed by atoms with E-state index in [1.54, 1.807) is 55.6 Å². The predicted molar refractivity (Wildman–Crippen MR) is 78.7 cm³/mol. The molecule has 0 aliphatic heterocycles. The Labute approximate surface area is 122 Å². The van der Waals surface area contributed by atoms with Crippen molar-refractivity contribution in [3.63, 3.8) is 0 Å². The summed E-state index contributed by atoms with van der Waals surface area (Å²) in [6.07, 6.45) is 1.08. The predicted octanol–water partition coefficient (Wildman–Crippen LogP) is 3.02. The average Bonchev–Trinajstić information content (AvgIpc) is 2.55. The normalized spacial score (nSPS) is 9.76. The van der Waals surface area contributed by atoms with Crippen LogP contribution in [0.3, 0.4) is 0 Å². The average molecular weight is 282 g/mol. The minimum atomic E-state index is -0.538. The molecule has 0 N–H and O–H groups in total. The number of hydrogen-bond acceptors (Lipinski definition) is 4. The Morgan fingerprint density at radius 1 is 0.905 bits per heavy atom. The third kappa shape index (κ3) is 3.57. The summed E-state index contributed by atoms with van der Waals surface area (Å²) in [7, 11) is 1.57. The van der Waals surface area contributed by atoms with E-state index in [-0.39, 0.29) is 5.78 Å². The van der Waals surface area contributed by atoms with Gasteiger partial charge in [-0.05, 0) is 48.5 Å². The second kappa shape index (κ2) is 6.52. The summed E-state index contributed by atoms with van der Waals surface area (Å²) in [6.45, 7) is 3.32. The maximum atomic E-state index is 12.3. The van der Waals surface area contributed by atoms with Gasteiger partial charge in [0.15, 0.2) is 5.78 Å². The molecule has 2 aromatic carbocycles. The van der Waals surface area contributed by atoms with Gasteiger partial charge in [-0.25, -0.2) is 4.79 Å². The summed E-state index contributed by atoms with van der Waals surface area (Å²) >= 11 is 0. The smallest absolute Gasteiger partial charge is 0.335 e. The Morgan fingerprint density at radius 3 is 1.81 bits per heavy atom. The zero-order valence-corrected chi connectivity index (χ0v) is 11.5. The molecule has 4 nitrogen and oxygen atoms in total. The van der Waals surface area contributed by atoms with Crippen molar-refractivity contribution in [3.05, 3.63) is 72.3 Å². The molecule has 0 spiro atoms. The van der Waals surface area contributed by atoms with Crippen LogP contribution in [0.2, 0.25) is 0 Å². The van der Waals surface area contributed by atoms with Gasteiger partial charge in [-0.15, -0.1) is 0 Å². The lowest BCUT2D eigenvalue weighted by Gasteiger charge is -2.05. The highest BCUT2D eigenvalue weighted by molar-refractivity contribution is 6.09. The Balaban J connectivity index is 2.15. The molecule has 0 heterocycles. The van der Waals surface area contributed by atoms with Gasteiger partial charge >= 0.3 is 5.97 Å². The number of methoxy groups -OCH3 is 1. The molecule has 2 rings (SSSR count). The van der Waals surface area contributed by atoms with Crippen LogP contribution >= 0.6 is 0 Å². The third-order valence-corrected chi connectivity index (χ3v) is 2.85. The molecule has 106 valence electrons. The topological polar surface area (TPSA) is 52.6 Å². The number of benzene rings is 2. The van der Waals surface area contributed by atoms with Crippen LogP contribution < -0.4 is 9.47 Å². The van der Waals surface area contributed by atoms with E-state index in [1.807, 2.05) is 0 Å². The lowest BCUT2D eigenvalue weighted by Crippen LogP contribution is -2.04. The van der Waals surface area contributed by atoms with Crippen LogP contribution in [0.25, 0.3) is 0 Å². The van der Waals surface area contributed by atoms with E-state index in [1.165, 1.54) is 0 Å². The summed E-state index contributed by atoms with van der Waals surface area (Å²) in [5, 5.41) is 0. The van der Waals surface area contributed by atoms with Crippen molar-refractivity contribution in [2.75, 3.05) is 7.11 Å². The lowest BCUT2D eigenvalue weighted by molar-refractivity contribution is -0.128. The van der Waals surface area contributed by atoms with Crippen LogP contribution in [0.4, 0.5) is 0 Å². The van der Waals surface area contributed by atoms with E-state index in [0.717, 1.165) is 6.08 Å². The molecule has 21 heavy (non-hydrogen) atoms. The summed E-state index contributed by atoms with van der Waals surface area (Å²) < 4.78 is 10.00. The number of carbonyl (C=O) groups is 2. The van der Waals surface area contributed by atoms with Gasteiger partial charge in [-0.1, -0.05) is 6.58 Å². The molecule has 0 saturated heterocycles. The van der Waals surface area contributed by atoms with Crippen molar-refractivity contribution in [1.82, 2.24) is 0 Å². The van der Waals surface area contributed by atoms with Gasteiger partial charge in [0.1, 0.15) is 11.5 Å². The third-order valence-electron chi connectivity index (χ3n) is 2.85. The summed E-state index contributed by atoms with van der Waals surface area (Å²) in [4.78, 5) is 23.3. The van der Waals surface area contributed by atoms with Crippen molar-refractivity contribution in [2.24, 2.45) is 0 Å². The van der Waals surface area contributed by atoms with Gasteiger partial charge in [0.05, 0.1) is 7.11 Å². The number of esters is 1. The van der Waals surface area contributed by atoms with Crippen LogP contribution in [-0.4, -0.2) is 18.9 Å². The first kappa shape index (κ1) is 14.5. The molecule has 2 aromatic rings. The molecule has 0 unspecified atom stereocenters. The number of ether oxygens (including phenoxy) is 2. The van der Waals surface area contributed by atoms with Crippen molar-refractivity contribution < 1.29 is 19.1 Å². The number of rotatable bonds is 5. The second-order valence-electron chi connectivity index (χ2n) is 4.21. The van der Waals surface area contributed by atoms with E-state index in [0.29, 0.717) is 22.6 Å². The molecule has 0 radical (unpaired) electrons. The van der Waals surface area contributed by atoms with Crippen LogP contribution in [0.5, 0.6) is 11.5 Å². The zero-order valence-electron chi connectivity index (χ0n) is 11.5. The Hall–Kier alpha value is -2.88. The Morgan fingerprint density at radius 2 is 1.38 bits per heavy atom. The molecule has 0 fully saturated rings. The molecular weight excluding hydrogens is 268 g/mol. The van der Waals surface area contributed by atoms with E-state index >= 15 is 0 Å². The molecule has 0 aliphatic rings. The van der Waals surface area contributed by atoms with E-state index in [9.17, 15) is 9.59 Å². The second-order valence-corrected chi connectivity index (χ2v) is 4.21. The maximum absolute atomic E-state index is 12.3. The fourth-order valence-electron chi connectivity index (χ4n) is 1.74. The highest BCUT2D eigenvalue weighted by Gasteiger charge is 2.09. The van der Waals surface area contributed by atoms with Gasteiger partial charge in [-0.3, -0.25) is 4.79 Å². The van der Waals surface area contributed by atoms with Crippen molar-refractivity contribution in [2.45, 2.75) is 0 Å². The molecule has 0 amide bonds. The largest absolute Gasteiger partial charge is 0.497 e. The fourth-order valence-corrected chi connectivity index (χ4v) is 1.74. The first-order valence-corrected chi connectivity index (χ1v) is 6.27. The van der Waals surface area contributed by atoms with Crippen LogP contribution in [0.1, 0.15) is 15.9 Å². The minimum absolute atomic E-state index is 0.112. The SMILES string of the molecule is C=CC(=O)Oc1ccc(C(=O)c2ccc(OC)cc2)cc1. The molecule has 0 bridgehead atoms. The number of carbonyl (C=O) groups excluding carboxylic acids is 2. The van der Waals surface area contributed by atoms with E-state index in [2.05, 4.69) is 6.58 Å². The summed E-state index contributed by atoms with van der Waals surface area (Å²) in [5.41, 5.74) is 1.07. The molecule has 0 aliphatic carbocycles. The van der Waals surface area contributed by atoms with E-state index in [4.69, 9.17) is 9.47 Å². The Bertz CT molecular complexity index is 654. The summed E-state index contributed by atoms with van der Waals surface area (Å²) in [6, 6.07) is 13.2. The van der Waals surface area contributed by atoms with Gasteiger partial charge in [0.25, 0.3) is 0 Å². The van der Waals surface area contributed by atoms with E-state index < -0.39 is 5.97 Å². The molecule has 0 atom stereocenters. The quantitative estimate of drug-likeness (QED) is 0.366. The standard InChI is InChI=1S/C17H14O4/c1-3-16(18)21-15-10-6-13(7-11-15)17(19)12-4-8-14(20-2)9-5-12/h3-11H,1H2,2H3. The molecule has 4 heteroatoms. The van der Waals surface area contributed by atoms with Crippen molar-refractivity contribution in [3.8, 4) is 11.5 Å². The van der Waals surface area contributed by atoms with Gasteiger partial charge in [0.2, 0.25) is 0 Å². The number of hydrogen-bond donors (Lipinski definition) is 0. The molecule has 0 saturated carbocycles. The van der Waals surface area contributed by atoms with Gasteiger partial charge in [-0.2, -0.15) is 0 Å². The highest BCUT2D eigenvalue weighted by Crippen LogP contribution is 2.18. The van der Waals surface area contributed by atoms with Crippen molar-refractivity contribution in [1.29, 1.82) is 0 Å². The van der Waals surface area contributed by atoms with Crippen molar-refractivity contribution >= 4 is 11.8 Å². The first-order valence-electron chi connectivity index (χ1n) is 6.27. The minimum Gasteiger partial charge on any atom is -0.497 e. The fraction of sp³-hybridized carbons (Fsp3) is 0.0588. The van der Waals surface area contributed by atoms with Crippen LogP contribution in [0.15, 0.2) is 61.2 Å². The molecule has 0 aromatic heterocycles. The van der Waals surface area contributed by atoms with Gasteiger partial charge < -0.3 is 9.47 Å². The summed E-state index contributed by atoms with van der Waals surface area (Å²) in [5.74, 6) is 0.410. The van der Waals surface area contributed by atoms with Crippen LogP contribution in [0, 0.1) is 0 Å². The highest BCUT2D eigenvalue weighted by atomic mass is 16.5. The molecular formula is C17H14O4. The lowest BCUT2D eigenvalue weighted by atomic mass is 10.0. The Kier molecular flexibility index (Phi) is 4.51. The van der Waals surface area contributed by atoms with Crippen LogP contribution in [-0.2, 0) is 4.79 Å².